The minimum Gasteiger partial charge on any atom is -0.319 e. The third-order valence-corrected chi connectivity index (χ3v) is 2.75. The summed E-state index contributed by atoms with van der Waals surface area (Å²) >= 11 is 6.82. The van der Waals surface area contributed by atoms with Crippen molar-refractivity contribution in [2.75, 3.05) is 0 Å². The van der Waals surface area contributed by atoms with Crippen molar-refractivity contribution in [3.05, 3.63) is 45.7 Å². The second kappa shape index (κ2) is 4.22. The molecule has 1 aromatic carbocycles. The summed E-state index contributed by atoms with van der Waals surface area (Å²) in [4.78, 5) is 0. The number of rotatable bonds is 2. The van der Waals surface area contributed by atoms with Crippen LogP contribution in [0.5, 0.6) is 0 Å². The molecular weight excluding hydrogens is 237 g/mol. The molecule has 0 aliphatic rings. The molecule has 0 saturated carbocycles. The van der Waals surface area contributed by atoms with Crippen molar-refractivity contribution in [2.24, 2.45) is 5.73 Å². The van der Waals surface area contributed by atoms with Crippen molar-refractivity contribution >= 4 is 23.1 Å². The van der Waals surface area contributed by atoms with Gasteiger partial charge in [-0.1, -0.05) is 22.2 Å². The van der Waals surface area contributed by atoms with Crippen molar-refractivity contribution in [3.8, 4) is 0 Å². The van der Waals surface area contributed by atoms with Gasteiger partial charge >= 0.3 is 0 Å². The normalized spacial score (nSPS) is 12.7. The Hall–Kier alpha value is -1.04. The molecule has 1 atom stereocenters. The number of nitrogens with two attached hydrogens (primary N) is 1. The van der Waals surface area contributed by atoms with Crippen LogP contribution in [0.15, 0.2) is 23.6 Å². The van der Waals surface area contributed by atoms with Crippen LogP contribution in [0, 0.1) is 5.82 Å². The van der Waals surface area contributed by atoms with Crippen molar-refractivity contribution in [2.45, 2.75) is 6.04 Å². The second-order valence-corrected chi connectivity index (χ2v) is 4.02. The van der Waals surface area contributed by atoms with Gasteiger partial charge < -0.3 is 5.73 Å². The lowest BCUT2D eigenvalue weighted by Crippen LogP contribution is -2.14. The summed E-state index contributed by atoms with van der Waals surface area (Å²) < 4.78 is 17.2. The Morgan fingerprint density at radius 1 is 1.47 bits per heavy atom. The van der Waals surface area contributed by atoms with E-state index in [1.807, 2.05) is 0 Å². The Labute approximate surface area is 94.9 Å². The smallest absolute Gasteiger partial charge is 0.129 e. The maximum atomic E-state index is 13.5. The van der Waals surface area contributed by atoms with Crippen LogP contribution in [0.25, 0.3) is 0 Å². The van der Waals surface area contributed by atoms with Crippen LogP contribution in [0.2, 0.25) is 5.02 Å². The van der Waals surface area contributed by atoms with Crippen LogP contribution < -0.4 is 5.73 Å². The zero-order valence-electron chi connectivity index (χ0n) is 7.52. The number of hydrogen-bond donors (Lipinski definition) is 1. The number of benzene rings is 1. The highest BCUT2D eigenvalue weighted by Crippen LogP contribution is 2.23. The number of halogens is 2. The maximum Gasteiger partial charge on any atom is 0.129 e. The third kappa shape index (κ3) is 2.14. The van der Waals surface area contributed by atoms with Gasteiger partial charge in [0.05, 0.1) is 11.7 Å². The quantitative estimate of drug-likeness (QED) is 0.881. The van der Waals surface area contributed by atoms with E-state index < -0.39 is 11.9 Å². The van der Waals surface area contributed by atoms with Crippen LogP contribution in [0.4, 0.5) is 4.39 Å². The van der Waals surface area contributed by atoms with Crippen molar-refractivity contribution < 1.29 is 4.39 Å². The van der Waals surface area contributed by atoms with E-state index in [2.05, 4.69) is 9.59 Å². The zero-order chi connectivity index (χ0) is 10.8. The molecule has 0 aliphatic carbocycles. The van der Waals surface area contributed by atoms with E-state index in [4.69, 9.17) is 17.3 Å². The number of nitrogens with zero attached hydrogens (tertiary/aromatic N) is 2. The minimum atomic E-state index is -0.596. The molecule has 1 heterocycles. The standard InChI is InChI=1S/C9H7ClFN3S/c10-5-1-2-6(7(11)3-5)9(12)8-4-15-14-13-8/h1-4,9H,12H2. The molecular formula is C9H7ClFN3S. The Morgan fingerprint density at radius 3 is 2.87 bits per heavy atom. The van der Waals surface area contributed by atoms with Crippen LogP contribution in [0.3, 0.4) is 0 Å². The summed E-state index contributed by atoms with van der Waals surface area (Å²) in [6.07, 6.45) is 0. The molecule has 3 nitrogen and oxygen atoms in total. The fourth-order valence-electron chi connectivity index (χ4n) is 1.22. The Morgan fingerprint density at radius 2 is 2.27 bits per heavy atom. The Balaban J connectivity index is 2.38. The maximum absolute atomic E-state index is 13.5. The topological polar surface area (TPSA) is 51.8 Å². The van der Waals surface area contributed by atoms with Crippen molar-refractivity contribution in [1.82, 2.24) is 9.59 Å². The summed E-state index contributed by atoms with van der Waals surface area (Å²) in [5.41, 5.74) is 6.76. The van der Waals surface area contributed by atoms with Crippen LogP contribution in [-0.4, -0.2) is 9.59 Å². The molecule has 0 amide bonds. The van der Waals surface area contributed by atoms with Crippen LogP contribution in [0.1, 0.15) is 17.3 Å². The van der Waals surface area contributed by atoms with Gasteiger partial charge in [0.1, 0.15) is 5.82 Å². The van der Waals surface area contributed by atoms with E-state index in [-0.39, 0.29) is 0 Å². The van der Waals surface area contributed by atoms with Crippen LogP contribution >= 0.6 is 23.1 Å². The first kappa shape index (κ1) is 10.5. The van der Waals surface area contributed by atoms with Crippen molar-refractivity contribution in [1.29, 1.82) is 0 Å². The van der Waals surface area contributed by atoms with Gasteiger partial charge in [-0.05, 0) is 23.7 Å². The summed E-state index contributed by atoms with van der Waals surface area (Å²) in [5.74, 6) is -0.428. The molecule has 78 valence electrons. The van der Waals surface area contributed by atoms with Crippen LogP contribution in [-0.2, 0) is 0 Å². The molecule has 0 saturated heterocycles. The highest BCUT2D eigenvalue weighted by atomic mass is 35.5. The first-order valence-electron chi connectivity index (χ1n) is 4.16. The van der Waals surface area contributed by atoms with Gasteiger partial charge in [0.2, 0.25) is 0 Å². The molecule has 2 aromatic rings. The third-order valence-electron chi connectivity index (χ3n) is 1.99. The largest absolute Gasteiger partial charge is 0.319 e. The fourth-order valence-corrected chi connectivity index (χ4v) is 1.87. The predicted octanol–water partition coefficient (Wildman–Crippen LogP) is 2.38. The number of aromatic nitrogens is 2. The van der Waals surface area contributed by atoms with E-state index in [1.165, 1.54) is 17.6 Å². The zero-order valence-corrected chi connectivity index (χ0v) is 9.10. The molecule has 1 aromatic heterocycles. The molecule has 0 radical (unpaired) electrons. The molecule has 0 spiro atoms. The molecule has 2 N–H and O–H groups in total. The van der Waals surface area contributed by atoms with Gasteiger partial charge in [0, 0.05) is 16.0 Å². The van der Waals surface area contributed by atoms with E-state index in [0.29, 0.717) is 16.3 Å². The van der Waals surface area contributed by atoms with Gasteiger partial charge in [-0.15, -0.1) is 5.10 Å². The molecule has 0 aliphatic heterocycles. The molecule has 15 heavy (non-hydrogen) atoms. The van der Waals surface area contributed by atoms with Gasteiger partial charge in [0.15, 0.2) is 0 Å². The average Bonchev–Trinajstić information content (AvgIpc) is 2.69. The summed E-state index contributed by atoms with van der Waals surface area (Å²) in [6.45, 7) is 0. The second-order valence-electron chi connectivity index (χ2n) is 2.97. The summed E-state index contributed by atoms with van der Waals surface area (Å²) in [6, 6.07) is 3.79. The average molecular weight is 244 g/mol. The van der Waals surface area contributed by atoms with Gasteiger partial charge in [-0.3, -0.25) is 0 Å². The van der Waals surface area contributed by atoms with E-state index in [0.717, 1.165) is 0 Å². The SMILES string of the molecule is NC(c1csnn1)c1ccc(Cl)cc1F. The molecule has 2 rings (SSSR count). The monoisotopic (exact) mass is 243 g/mol. The first-order valence-corrected chi connectivity index (χ1v) is 5.37. The molecule has 1 unspecified atom stereocenters. The highest BCUT2D eigenvalue weighted by molar-refractivity contribution is 7.03. The van der Waals surface area contributed by atoms with E-state index >= 15 is 0 Å². The van der Waals surface area contributed by atoms with Crippen molar-refractivity contribution in [3.63, 3.8) is 0 Å². The highest BCUT2D eigenvalue weighted by Gasteiger charge is 2.15. The Bertz CT molecular complexity index is 460. The molecule has 0 fully saturated rings. The van der Waals surface area contributed by atoms with E-state index in [9.17, 15) is 4.39 Å². The predicted molar refractivity (Wildman–Crippen MR) is 57.3 cm³/mol. The molecule has 0 bridgehead atoms. The number of hydrogen-bond acceptors (Lipinski definition) is 4. The summed E-state index contributed by atoms with van der Waals surface area (Å²) in [5, 5.41) is 5.84. The fraction of sp³-hybridized carbons (Fsp3) is 0.111. The lowest BCUT2D eigenvalue weighted by atomic mass is 10.1. The van der Waals surface area contributed by atoms with Gasteiger partial charge in [0.25, 0.3) is 0 Å². The van der Waals surface area contributed by atoms with Gasteiger partial charge in [-0.2, -0.15) is 0 Å². The molecule has 6 heteroatoms. The van der Waals surface area contributed by atoms with Gasteiger partial charge in [-0.25, -0.2) is 4.39 Å². The summed E-state index contributed by atoms with van der Waals surface area (Å²) in [7, 11) is 0. The minimum absolute atomic E-state index is 0.347. The Kier molecular flexibility index (Phi) is 2.95. The first-order chi connectivity index (χ1) is 7.18. The lowest BCUT2D eigenvalue weighted by Gasteiger charge is -2.09. The van der Waals surface area contributed by atoms with E-state index in [1.54, 1.807) is 17.5 Å². The lowest BCUT2D eigenvalue weighted by molar-refractivity contribution is 0.597.